The Balaban J connectivity index is 1.97. The van der Waals surface area contributed by atoms with Gasteiger partial charge in [0.1, 0.15) is 23.8 Å². The van der Waals surface area contributed by atoms with Crippen LogP contribution in [-0.2, 0) is 18.5 Å². The van der Waals surface area contributed by atoms with Gasteiger partial charge < -0.3 is 18.6 Å². The molecule has 2 aromatic heterocycles. The molecule has 0 saturated carbocycles. The van der Waals surface area contributed by atoms with Gasteiger partial charge in [0.2, 0.25) is 5.56 Å². The second-order valence-corrected chi connectivity index (χ2v) is 6.60. The zero-order valence-electron chi connectivity index (χ0n) is 16.0. The van der Waals surface area contributed by atoms with E-state index in [0.717, 1.165) is 33.7 Å². The van der Waals surface area contributed by atoms with Crippen LogP contribution in [0, 0.1) is 6.92 Å². The minimum Gasteiger partial charge on any atom is -0.454 e. The van der Waals surface area contributed by atoms with Crippen molar-refractivity contribution in [3.8, 4) is 22.6 Å². The van der Waals surface area contributed by atoms with Crippen molar-refractivity contribution in [1.29, 1.82) is 0 Å². The van der Waals surface area contributed by atoms with E-state index in [1.54, 1.807) is 37.1 Å². The number of hydrogen-bond acceptors (Lipinski definition) is 4. The molecule has 6 heteroatoms. The molecule has 6 nitrogen and oxygen atoms in total. The average Bonchev–Trinajstić information content (AvgIpc) is 3.02. The standard InChI is InChI=1S/C22H21N3O3/c1-15-23-21-19(25(15)14-27-3)11-10-18(16-9-12-20(26)24(2)13-16)22(21)28-17-7-5-4-6-8-17/h4-13H,14H2,1-3H3. The van der Waals surface area contributed by atoms with E-state index in [2.05, 4.69) is 0 Å². The fourth-order valence-corrected chi connectivity index (χ4v) is 3.27. The molecule has 28 heavy (non-hydrogen) atoms. The van der Waals surface area contributed by atoms with Gasteiger partial charge in [0.25, 0.3) is 0 Å². The highest BCUT2D eigenvalue weighted by Crippen LogP contribution is 2.39. The van der Waals surface area contributed by atoms with Crippen LogP contribution in [0.1, 0.15) is 5.82 Å². The average molecular weight is 375 g/mol. The van der Waals surface area contributed by atoms with E-state index < -0.39 is 0 Å². The summed E-state index contributed by atoms with van der Waals surface area (Å²) in [5, 5.41) is 0. The van der Waals surface area contributed by atoms with Crippen molar-refractivity contribution in [1.82, 2.24) is 14.1 Å². The largest absolute Gasteiger partial charge is 0.454 e. The number of imidazole rings is 1. The Bertz CT molecular complexity index is 1190. The van der Waals surface area contributed by atoms with Crippen molar-refractivity contribution in [3.05, 3.63) is 77.0 Å². The summed E-state index contributed by atoms with van der Waals surface area (Å²) in [4.78, 5) is 16.6. The van der Waals surface area contributed by atoms with E-state index in [9.17, 15) is 4.79 Å². The van der Waals surface area contributed by atoms with Crippen molar-refractivity contribution in [2.45, 2.75) is 13.7 Å². The Labute approximate surface area is 162 Å². The van der Waals surface area contributed by atoms with E-state index in [0.29, 0.717) is 12.5 Å². The molecule has 0 fully saturated rings. The molecule has 142 valence electrons. The van der Waals surface area contributed by atoms with Crippen LogP contribution in [0.2, 0.25) is 0 Å². The summed E-state index contributed by atoms with van der Waals surface area (Å²) >= 11 is 0. The molecular weight excluding hydrogens is 354 g/mol. The molecule has 0 atom stereocenters. The Morgan fingerprint density at radius 3 is 2.54 bits per heavy atom. The zero-order valence-corrected chi connectivity index (χ0v) is 16.0. The summed E-state index contributed by atoms with van der Waals surface area (Å²) in [6.45, 7) is 2.35. The Kier molecular flexibility index (Phi) is 4.71. The first-order chi connectivity index (χ1) is 13.6. The second kappa shape index (κ2) is 7.32. The molecule has 2 aromatic carbocycles. The molecule has 0 amide bonds. The molecule has 0 aliphatic heterocycles. The van der Waals surface area contributed by atoms with Gasteiger partial charge in [0.15, 0.2) is 5.75 Å². The minimum absolute atomic E-state index is 0.0597. The molecular formula is C22H21N3O3. The maximum Gasteiger partial charge on any atom is 0.250 e. The van der Waals surface area contributed by atoms with E-state index >= 15 is 0 Å². The molecule has 0 aliphatic rings. The highest BCUT2D eigenvalue weighted by atomic mass is 16.5. The van der Waals surface area contributed by atoms with E-state index in [4.69, 9.17) is 14.5 Å². The second-order valence-electron chi connectivity index (χ2n) is 6.60. The van der Waals surface area contributed by atoms with Crippen LogP contribution in [-0.4, -0.2) is 21.2 Å². The first-order valence-corrected chi connectivity index (χ1v) is 8.97. The lowest BCUT2D eigenvalue weighted by molar-refractivity contribution is 0.132. The predicted octanol–water partition coefficient (Wildman–Crippen LogP) is 4.11. The van der Waals surface area contributed by atoms with Gasteiger partial charge in [-0.25, -0.2) is 4.98 Å². The number of para-hydroxylation sites is 1. The number of aromatic nitrogens is 3. The van der Waals surface area contributed by atoms with Crippen LogP contribution in [0.15, 0.2) is 65.6 Å². The first kappa shape index (κ1) is 18.0. The topological polar surface area (TPSA) is 58.3 Å². The van der Waals surface area contributed by atoms with Gasteiger partial charge in [-0.2, -0.15) is 0 Å². The van der Waals surface area contributed by atoms with Crippen LogP contribution in [0.25, 0.3) is 22.2 Å². The van der Waals surface area contributed by atoms with Gasteiger partial charge in [-0.15, -0.1) is 0 Å². The summed E-state index contributed by atoms with van der Waals surface area (Å²) in [7, 11) is 3.39. The Hall–Kier alpha value is -3.38. The summed E-state index contributed by atoms with van der Waals surface area (Å²) in [6.07, 6.45) is 1.81. The molecule has 0 spiro atoms. The minimum atomic E-state index is -0.0597. The third-order valence-electron chi connectivity index (χ3n) is 4.68. The van der Waals surface area contributed by atoms with E-state index in [1.165, 1.54) is 0 Å². The normalized spacial score (nSPS) is 11.1. The van der Waals surface area contributed by atoms with Gasteiger partial charge >= 0.3 is 0 Å². The maximum atomic E-state index is 11.8. The number of benzene rings is 2. The number of pyridine rings is 1. The first-order valence-electron chi connectivity index (χ1n) is 8.97. The van der Waals surface area contributed by atoms with Gasteiger partial charge in [-0.05, 0) is 37.3 Å². The smallest absolute Gasteiger partial charge is 0.250 e. The molecule has 2 heterocycles. The van der Waals surface area contributed by atoms with Crippen molar-refractivity contribution in [2.75, 3.05) is 7.11 Å². The number of rotatable bonds is 5. The molecule has 0 saturated heterocycles. The number of methoxy groups -OCH3 is 1. The Morgan fingerprint density at radius 1 is 1.04 bits per heavy atom. The number of hydrogen-bond donors (Lipinski definition) is 0. The molecule has 0 aliphatic carbocycles. The molecule has 0 radical (unpaired) electrons. The van der Waals surface area contributed by atoms with Gasteiger partial charge in [0, 0.05) is 37.5 Å². The number of aryl methyl sites for hydroxylation is 2. The third kappa shape index (κ3) is 3.18. The quantitative estimate of drug-likeness (QED) is 0.527. The summed E-state index contributed by atoms with van der Waals surface area (Å²) in [6, 6.07) is 17.0. The SMILES string of the molecule is COCn1c(C)nc2c(Oc3ccccc3)c(-c3ccc(=O)n(C)c3)ccc21. The molecule has 0 bridgehead atoms. The lowest BCUT2D eigenvalue weighted by Crippen LogP contribution is -2.14. The third-order valence-corrected chi connectivity index (χ3v) is 4.68. The van der Waals surface area contributed by atoms with Crippen molar-refractivity contribution < 1.29 is 9.47 Å². The summed E-state index contributed by atoms with van der Waals surface area (Å²) in [5.74, 6) is 2.22. The molecule has 0 unspecified atom stereocenters. The van der Waals surface area contributed by atoms with Crippen molar-refractivity contribution in [3.63, 3.8) is 0 Å². The van der Waals surface area contributed by atoms with Crippen molar-refractivity contribution in [2.24, 2.45) is 7.05 Å². The summed E-state index contributed by atoms with van der Waals surface area (Å²) < 4.78 is 15.2. The van der Waals surface area contributed by atoms with E-state index in [1.807, 2.05) is 54.0 Å². The summed E-state index contributed by atoms with van der Waals surface area (Å²) in [5.41, 5.74) is 3.38. The number of fused-ring (bicyclic) bond motifs is 1. The predicted molar refractivity (Wildman–Crippen MR) is 109 cm³/mol. The van der Waals surface area contributed by atoms with Crippen LogP contribution >= 0.6 is 0 Å². The zero-order chi connectivity index (χ0) is 19.7. The van der Waals surface area contributed by atoms with Gasteiger partial charge in [-0.3, -0.25) is 4.79 Å². The van der Waals surface area contributed by atoms with Crippen LogP contribution in [0.5, 0.6) is 11.5 Å². The van der Waals surface area contributed by atoms with Crippen molar-refractivity contribution >= 4 is 11.0 Å². The molecule has 4 rings (SSSR count). The number of ether oxygens (including phenoxy) is 2. The Morgan fingerprint density at radius 2 is 1.82 bits per heavy atom. The van der Waals surface area contributed by atoms with E-state index in [-0.39, 0.29) is 5.56 Å². The van der Waals surface area contributed by atoms with Gasteiger partial charge in [0.05, 0.1) is 5.52 Å². The van der Waals surface area contributed by atoms with Crippen LogP contribution < -0.4 is 10.3 Å². The highest BCUT2D eigenvalue weighted by Gasteiger charge is 2.18. The fraction of sp³-hybridized carbons (Fsp3) is 0.182. The molecule has 4 aromatic rings. The highest BCUT2D eigenvalue weighted by molar-refractivity contribution is 5.91. The lowest BCUT2D eigenvalue weighted by atomic mass is 10.1. The lowest BCUT2D eigenvalue weighted by Gasteiger charge is -2.13. The number of nitrogens with zero attached hydrogens (tertiary/aromatic N) is 3. The van der Waals surface area contributed by atoms with Crippen LogP contribution in [0.4, 0.5) is 0 Å². The monoisotopic (exact) mass is 375 g/mol. The molecule has 0 N–H and O–H groups in total. The fourth-order valence-electron chi connectivity index (χ4n) is 3.27. The van der Waals surface area contributed by atoms with Crippen LogP contribution in [0.3, 0.4) is 0 Å². The van der Waals surface area contributed by atoms with Gasteiger partial charge in [-0.1, -0.05) is 18.2 Å². The maximum absolute atomic E-state index is 11.8.